The van der Waals surface area contributed by atoms with Crippen molar-refractivity contribution < 1.29 is 57.0 Å². The number of amides is 3. The Labute approximate surface area is 389 Å². The van der Waals surface area contributed by atoms with Crippen molar-refractivity contribution in [1.82, 2.24) is 5.32 Å². The molecule has 2 atom stereocenters. The van der Waals surface area contributed by atoms with Gasteiger partial charge >= 0.3 is 6.09 Å². The highest BCUT2D eigenvalue weighted by molar-refractivity contribution is 6.30. The predicted octanol–water partition coefficient (Wildman–Crippen LogP) is 7.29. The molecule has 1 aliphatic rings. The van der Waals surface area contributed by atoms with Gasteiger partial charge in [-0.3, -0.25) is 9.59 Å². The summed E-state index contributed by atoms with van der Waals surface area (Å²) in [5.74, 6) is -0.127. The first-order chi connectivity index (χ1) is 31.4. The number of nitrogens with zero attached hydrogens (tertiary/aromatic N) is 1. The Hall–Kier alpha value is -4.36. The van der Waals surface area contributed by atoms with Crippen molar-refractivity contribution in [3.05, 3.63) is 77.3 Å². The van der Waals surface area contributed by atoms with E-state index < -0.39 is 11.7 Å². The molecule has 0 unspecified atom stereocenters. The molecule has 4 rings (SSSR count). The van der Waals surface area contributed by atoms with E-state index in [0.29, 0.717) is 116 Å². The summed E-state index contributed by atoms with van der Waals surface area (Å²) in [4.78, 5) is 38.6. The summed E-state index contributed by atoms with van der Waals surface area (Å²) in [5, 5.41) is 9.88. The normalized spacial score (nSPS) is 14.8. The van der Waals surface area contributed by atoms with Crippen molar-refractivity contribution in [2.24, 2.45) is 0 Å². The molecule has 360 valence electrons. The Morgan fingerprint density at radius 3 is 1.58 bits per heavy atom. The summed E-state index contributed by atoms with van der Waals surface area (Å²) >= 11 is 6.12. The highest BCUT2D eigenvalue weighted by atomic mass is 35.5. The van der Waals surface area contributed by atoms with Gasteiger partial charge in [0.05, 0.1) is 118 Å². The molecule has 17 heteroatoms. The highest BCUT2D eigenvalue weighted by Crippen LogP contribution is 2.41. The monoisotopic (exact) mass is 928 g/mol. The molecule has 0 saturated heterocycles. The number of nitrogens with one attached hydrogen (secondary N) is 3. The third kappa shape index (κ3) is 21.7. The Kier molecular flexibility index (Phi) is 24.6. The van der Waals surface area contributed by atoms with E-state index in [9.17, 15) is 14.4 Å². The van der Waals surface area contributed by atoms with Gasteiger partial charge in [0.1, 0.15) is 5.60 Å². The van der Waals surface area contributed by atoms with Crippen LogP contribution in [-0.2, 0) is 52.2 Å². The molecule has 0 aliphatic carbocycles. The van der Waals surface area contributed by atoms with Crippen LogP contribution in [0, 0.1) is 0 Å². The molecule has 1 heterocycles. The van der Waals surface area contributed by atoms with Crippen molar-refractivity contribution in [2.75, 3.05) is 128 Å². The van der Waals surface area contributed by atoms with Gasteiger partial charge in [0.2, 0.25) is 11.8 Å². The van der Waals surface area contributed by atoms with E-state index in [0.717, 1.165) is 34.5 Å². The number of rotatable bonds is 31. The van der Waals surface area contributed by atoms with Crippen LogP contribution in [0.5, 0.6) is 0 Å². The lowest BCUT2D eigenvalue weighted by Crippen LogP contribution is -2.43. The maximum absolute atomic E-state index is 12.6. The molecule has 0 radical (unpaired) electrons. The largest absolute Gasteiger partial charge is 0.444 e. The molecule has 0 saturated carbocycles. The van der Waals surface area contributed by atoms with Crippen LogP contribution in [0.4, 0.5) is 21.9 Å². The first kappa shape index (κ1) is 53.3. The zero-order chi connectivity index (χ0) is 46.7. The molecule has 3 amide bonds. The topological polar surface area (TPSA) is 174 Å². The number of halogens is 1. The molecular weight excluding hydrogens is 860 g/mol. The van der Waals surface area contributed by atoms with E-state index in [1.807, 2.05) is 86.3 Å². The molecule has 0 fully saturated rings. The Balaban J connectivity index is 0.939. The van der Waals surface area contributed by atoms with Gasteiger partial charge in [-0.15, -0.1) is 0 Å². The molecule has 0 spiro atoms. The number of carbonyl (C=O) groups excluding carboxylic acids is 3. The van der Waals surface area contributed by atoms with Gasteiger partial charge in [-0.2, -0.15) is 0 Å². The third-order valence-electron chi connectivity index (χ3n) is 9.70. The zero-order valence-corrected chi connectivity index (χ0v) is 39.4. The van der Waals surface area contributed by atoms with E-state index >= 15 is 0 Å². The predicted molar refractivity (Wildman–Crippen MR) is 251 cm³/mol. The van der Waals surface area contributed by atoms with Crippen LogP contribution in [0.3, 0.4) is 0 Å². The van der Waals surface area contributed by atoms with Gasteiger partial charge in [0.15, 0.2) is 0 Å². The number of anilines is 3. The molecule has 1 aliphatic heterocycles. The lowest BCUT2D eigenvalue weighted by molar-refractivity contribution is -0.118. The Bertz CT molecular complexity index is 1830. The lowest BCUT2D eigenvalue weighted by atomic mass is 9.89. The molecule has 65 heavy (non-hydrogen) atoms. The van der Waals surface area contributed by atoms with Crippen molar-refractivity contribution in [2.45, 2.75) is 65.1 Å². The minimum atomic E-state index is -0.524. The number of fused-ring (bicyclic) bond motifs is 1. The Morgan fingerprint density at radius 1 is 0.631 bits per heavy atom. The van der Waals surface area contributed by atoms with E-state index in [4.69, 9.17) is 54.2 Å². The van der Waals surface area contributed by atoms with Gasteiger partial charge in [-0.1, -0.05) is 29.8 Å². The van der Waals surface area contributed by atoms with Crippen molar-refractivity contribution in [1.29, 1.82) is 0 Å². The summed E-state index contributed by atoms with van der Waals surface area (Å²) < 4.78 is 49.2. The standard InChI is InChI=1S/C48H69ClN4O12/c1-36-34-44(51-41-13-9-40(49)10-14-41)43-35-39(8-15-45(43)53(36)37(2)54)38-6-11-42(12-7-38)52-46(55)16-18-57-20-22-59-24-26-61-28-30-63-32-33-64-31-29-62-27-25-60-23-21-58-19-17-50-47(56)65-48(3,4)5/h6-15,35-36,44,51H,16-34H2,1-5H3,(H,50,56)(H,52,55)/t36-,44+/m0/s1. The van der Waals surface area contributed by atoms with Crippen molar-refractivity contribution in [3.63, 3.8) is 0 Å². The molecule has 0 aromatic heterocycles. The van der Waals surface area contributed by atoms with Crippen LogP contribution in [0.1, 0.15) is 59.1 Å². The van der Waals surface area contributed by atoms with E-state index in [1.165, 1.54) is 0 Å². The third-order valence-corrected chi connectivity index (χ3v) is 9.95. The van der Waals surface area contributed by atoms with Crippen LogP contribution in [-0.4, -0.2) is 142 Å². The Morgan fingerprint density at radius 2 is 1.09 bits per heavy atom. The van der Waals surface area contributed by atoms with Crippen LogP contribution in [0.2, 0.25) is 5.02 Å². The summed E-state index contributed by atoms with van der Waals surface area (Å²) in [5.41, 5.74) is 5.09. The minimum Gasteiger partial charge on any atom is -0.444 e. The number of alkyl carbamates (subject to hydrolysis) is 1. The first-order valence-electron chi connectivity index (χ1n) is 22.3. The van der Waals surface area contributed by atoms with Crippen LogP contribution in [0.25, 0.3) is 11.1 Å². The van der Waals surface area contributed by atoms with Crippen molar-refractivity contribution >= 4 is 46.6 Å². The van der Waals surface area contributed by atoms with Crippen LogP contribution >= 0.6 is 11.6 Å². The maximum atomic E-state index is 12.6. The minimum absolute atomic E-state index is 0.000762. The van der Waals surface area contributed by atoms with Gasteiger partial charge in [0, 0.05) is 41.6 Å². The second kappa shape index (κ2) is 30.0. The van der Waals surface area contributed by atoms with E-state index in [2.05, 4.69) is 28.9 Å². The number of ether oxygens (including phenoxy) is 9. The summed E-state index contributed by atoms with van der Waals surface area (Å²) in [6.45, 7) is 16.3. The van der Waals surface area contributed by atoms with Gasteiger partial charge in [-0.05, 0) is 99.3 Å². The van der Waals surface area contributed by atoms with Crippen LogP contribution in [0.15, 0.2) is 66.7 Å². The quantitative estimate of drug-likeness (QED) is 0.0550. The summed E-state index contributed by atoms with van der Waals surface area (Å²) in [6.07, 6.45) is 0.511. The summed E-state index contributed by atoms with van der Waals surface area (Å²) in [6, 6.07) is 21.6. The lowest BCUT2D eigenvalue weighted by Gasteiger charge is -2.39. The van der Waals surface area contributed by atoms with Gasteiger partial charge in [0.25, 0.3) is 0 Å². The fourth-order valence-corrected chi connectivity index (χ4v) is 6.85. The molecule has 3 aromatic rings. The maximum Gasteiger partial charge on any atom is 0.407 e. The number of carbonyl (C=O) groups is 3. The highest BCUT2D eigenvalue weighted by Gasteiger charge is 2.32. The SMILES string of the molecule is CC(=O)N1c2ccc(-c3ccc(NC(=O)CCOCCOCCOCCOCCOCCOCCOCCOCCNC(=O)OC(C)(C)C)cc3)cc2[C@H](Nc2ccc(Cl)cc2)C[C@@H]1C. The summed E-state index contributed by atoms with van der Waals surface area (Å²) in [7, 11) is 0. The number of hydrogen-bond donors (Lipinski definition) is 3. The molecule has 3 N–H and O–H groups in total. The zero-order valence-electron chi connectivity index (χ0n) is 38.7. The van der Waals surface area contributed by atoms with Gasteiger partial charge < -0.3 is 63.5 Å². The second-order valence-electron chi connectivity index (χ2n) is 16.2. The number of hydrogen-bond acceptors (Lipinski definition) is 13. The van der Waals surface area contributed by atoms with Crippen LogP contribution < -0.4 is 20.9 Å². The molecule has 3 aromatic carbocycles. The molecule has 16 nitrogen and oxygen atoms in total. The second-order valence-corrected chi connectivity index (χ2v) is 16.6. The smallest absolute Gasteiger partial charge is 0.407 e. The van der Waals surface area contributed by atoms with Gasteiger partial charge in [-0.25, -0.2) is 4.79 Å². The average Bonchev–Trinajstić information content (AvgIpc) is 3.26. The average molecular weight is 930 g/mol. The molecule has 0 bridgehead atoms. The van der Waals surface area contributed by atoms with E-state index in [1.54, 1.807) is 6.92 Å². The fourth-order valence-electron chi connectivity index (χ4n) is 6.72. The van der Waals surface area contributed by atoms with E-state index in [-0.39, 0.29) is 36.9 Å². The first-order valence-corrected chi connectivity index (χ1v) is 22.7. The van der Waals surface area contributed by atoms with Crippen molar-refractivity contribution in [3.8, 4) is 11.1 Å². The number of benzene rings is 3. The fraction of sp³-hybridized carbons (Fsp3) is 0.562. The molecular formula is C48H69ClN4O12.